The Bertz CT molecular complexity index is 1510. The van der Waals surface area contributed by atoms with Crippen molar-refractivity contribution in [3.05, 3.63) is 87.9 Å². The molecule has 0 fully saturated rings. The molecule has 0 spiro atoms. The molecule has 5 N–H and O–H groups in total. The molecule has 184 valence electrons. The monoisotopic (exact) mass is 501 g/mol. The highest BCUT2D eigenvalue weighted by molar-refractivity contribution is 6.11. The zero-order chi connectivity index (χ0) is 26.2. The molecule has 0 radical (unpaired) electrons. The quantitative estimate of drug-likeness (QED) is 0.159. The van der Waals surface area contributed by atoms with Gasteiger partial charge in [-0.1, -0.05) is 24.3 Å². The molecule has 1 aromatic heterocycles. The number of aromatic nitrogens is 1. The molecule has 1 heterocycles. The number of nitro groups is 1. The molecule has 0 bridgehead atoms. The first-order valence-corrected chi connectivity index (χ1v) is 10.1. The van der Waals surface area contributed by atoms with E-state index in [2.05, 4.69) is 10.3 Å². The molecule has 3 amide bonds. The first-order chi connectivity index (χ1) is 17.0. The number of carbonyl (C=O) groups is 2. The number of nitrogens with one attached hydrogen (secondary N) is 3. The fraction of sp³-hybridized carbons (Fsp3) is 0.0435. The molecular formula is C23H15F4N5O4. The molecule has 0 unspecified atom stereocenters. The van der Waals surface area contributed by atoms with Crippen LogP contribution in [-0.4, -0.2) is 21.8 Å². The van der Waals surface area contributed by atoms with Gasteiger partial charge in [0.05, 0.1) is 16.2 Å². The number of carbonyl (C=O) groups excluding carboxylic acids is 2. The van der Waals surface area contributed by atoms with E-state index in [0.29, 0.717) is 34.7 Å². The first-order valence-electron chi connectivity index (χ1n) is 10.1. The van der Waals surface area contributed by atoms with Crippen LogP contribution in [0.15, 0.2) is 60.7 Å². The second kappa shape index (κ2) is 9.02. The predicted octanol–water partition coefficient (Wildman–Crippen LogP) is 5.64. The third kappa shape index (κ3) is 4.66. The minimum Gasteiger partial charge on any atom is -0.364 e. The normalized spacial score (nSPS) is 11.3. The lowest BCUT2D eigenvalue weighted by molar-refractivity contribution is -0.383. The average molecular weight is 501 g/mol. The highest BCUT2D eigenvalue weighted by Gasteiger charge is 2.31. The Labute approximate surface area is 199 Å². The van der Waals surface area contributed by atoms with Crippen molar-refractivity contribution in [2.45, 2.75) is 6.18 Å². The van der Waals surface area contributed by atoms with Crippen molar-refractivity contribution in [1.29, 1.82) is 0 Å². The second-order valence-corrected chi connectivity index (χ2v) is 7.54. The molecular weight excluding hydrogens is 486 g/mol. The number of alkyl halides is 3. The van der Waals surface area contributed by atoms with Gasteiger partial charge in [-0.15, -0.1) is 0 Å². The van der Waals surface area contributed by atoms with Crippen LogP contribution in [0.5, 0.6) is 0 Å². The molecule has 36 heavy (non-hydrogen) atoms. The first kappa shape index (κ1) is 24.2. The number of hydrogen-bond acceptors (Lipinski definition) is 4. The SMILES string of the molecule is NC(=O)c1[nH]c2c([N+](=O)[O-])cccc2c1-c1ccc(NC(=O)Nc2cc(C(F)(F)F)ccc2F)cc1. The Balaban J connectivity index is 1.60. The van der Waals surface area contributed by atoms with Crippen molar-refractivity contribution in [3.8, 4) is 11.1 Å². The summed E-state index contributed by atoms with van der Waals surface area (Å²) in [5, 5.41) is 16.1. The number of nitro benzene ring substituents is 1. The van der Waals surface area contributed by atoms with Gasteiger partial charge in [-0.25, -0.2) is 9.18 Å². The fourth-order valence-corrected chi connectivity index (χ4v) is 3.64. The molecule has 0 aliphatic carbocycles. The van der Waals surface area contributed by atoms with Crippen LogP contribution in [0, 0.1) is 15.9 Å². The van der Waals surface area contributed by atoms with Crippen molar-refractivity contribution in [1.82, 2.24) is 4.98 Å². The van der Waals surface area contributed by atoms with Crippen molar-refractivity contribution in [3.63, 3.8) is 0 Å². The predicted molar refractivity (Wildman–Crippen MR) is 123 cm³/mol. The molecule has 13 heteroatoms. The Hall–Kier alpha value is -4.94. The summed E-state index contributed by atoms with van der Waals surface area (Å²) in [6, 6.07) is 10.7. The average Bonchev–Trinajstić information content (AvgIpc) is 3.20. The van der Waals surface area contributed by atoms with Gasteiger partial charge in [0.25, 0.3) is 11.6 Å². The van der Waals surface area contributed by atoms with Gasteiger partial charge < -0.3 is 21.4 Å². The number of hydrogen-bond donors (Lipinski definition) is 4. The third-order valence-corrected chi connectivity index (χ3v) is 5.23. The van der Waals surface area contributed by atoms with Gasteiger partial charge in [0.2, 0.25) is 0 Å². The number of halogens is 4. The van der Waals surface area contributed by atoms with E-state index >= 15 is 0 Å². The lowest BCUT2D eigenvalue weighted by Crippen LogP contribution is -2.20. The van der Waals surface area contributed by atoms with E-state index in [-0.39, 0.29) is 22.6 Å². The summed E-state index contributed by atoms with van der Waals surface area (Å²) in [7, 11) is 0. The number of non-ortho nitro benzene ring substituents is 1. The van der Waals surface area contributed by atoms with Gasteiger partial charge in [0, 0.05) is 22.7 Å². The number of primary amides is 1. The second-order valence-electron chi connectivity index (χ2n) is 7.54. The number of nitrogens with zero attached hydrogens (tertiary/aromatic N) is 1. The van der Waals surface area contributed by atoms with Crippen LogP contribution < -0.4 is 16.4 Å². The summed E-state index contributed by atoms with van der Waals surface area (Å²) < 4.78 is 52.5. The number of benzene rings is 3. The molecule has 9 nitrogen and oxygen atoms in total. The largest absolute Gasteiger partial charge is 0.416 e. The molecule has 4 rings (SSSR count). The maximum atomic E-state index is 13.9. The standard InChI is InChI=1S/C23H15F4N5O4/c24-15-9-6-12(23(25,26)27)10-16(15)30-22(34)29-13-7-4-11(5-8-13)18-14-2-1-3-17(32(35)36)19(14)31-20(18)21(28)33/h1-10,31H,(H2,28,33)(H2,29,30,34). The smallest absolute Gasteiger partial charge is 0.364 e. The Morgan fingerprint density at radius 1 is 1.00 bits per heavy atom. The maximum absolute atomic E-state index is 13.9. The summed E-state index contributed by atoms with van der Waals surface area (Å²) >= 11 is 0. The van der Waals surface area contributed by atoms with E-state index in [4.69, 9.17) is 5.73 Å². The van der Waals surface area contributed by atoms with Gasteiger partial charge in [-0.3, -0.25) is 14.9 Å². The number of rotatable bonds is 5. The number of aromatic amines is 1. The summed E-state index contributed by atoms with van der Waals surface area (Å²) in [4.78, 5) is 37.7. The number of urea groups is 1. The summed E-state index contributed by atoms with van der Waals surface area (Å²) in [6.07, 6.45) is -4.72. The van der Waals surface area contributed by atoms with Crippen molar-refractivity contribution >= 4 is 39.9 Å². The van der Waals surface area contributed by atoms with E-state index in [1.807, 2.05) is 5.32 Å². The van der Waals surface area contributed by atoms with Gasteiger partial charge >= 0.3 is 12.2 Å². The fourth-order valence-electron chi connectivity index (χ4n) is 3.64. The molecule has 0 aliphatic rings. The van der Waals surface area contributed by atoms with Gasteiger partial charge in [0.1, 0.15) is 17.0 Å². The molecule has 0 aliphatic heterocycles. The number of fused-ring (bicyclic) bond motifs is 1. The Kier molecular flexibility index (Phi) is 6.06. The molecule has 0 saturated carbocycles. The lowest BCUT2D eigenvalue weighted by atomic mass is 10.0. The van der Waals surface area contributed by atoms with E-state index in [9.17, 15) is 37.3 Å². The van der Waals surface area contributed by atoms with Crippen LogP contribution in [-0.2, 0) is 6.18 Å². The van der Waals surface area contributed by atoms with Crippen LogP contribution in [0.2, 0.25) is 0 Å². The number of anilines is 2. The van der Waals surface area contributed by atoms with E-state index in [1.165, 1.54) is 36.4 Å². The van der Waals surface area contributed by atoms with Crippen molar-refractivity contribution in [2.75, 3.05) is 10.6 Å². The van der Waals surface area contributed by atoms with Crippen LogP contribution in [0.3, 0.4) is 0 Å². The van der Waals surface area contributed by atoms with Crippen molar-refractivity contribution < 1.29 is 32.1 Å². The highest BCUT2D eigenvalue weighted by Crippen LogP contribution is 2.37. The van der Waals surface area contributed by atoms with Crippen LogP contribution in [0.25, 0.3) is 22.0 Å². The van der Waals surface area contributed by atoms with Crippen LogP contribution in [0.4, 0.5) is 39.4 Å². The van der Waals surface area contributed by atoms with Gasteiger partial charge in [0.15, 0.2) is 0 Å². The zero-order valence-electron chi connectivity index (χ0n) is 17.9. The van der Waals surface area contributed by atoms with Gasteiger partial charge in [-0.05, 0) is 35.9 Å². The lowest BCUT2D eigenvalue weighted by Gasteiger charge is -2.12. The van der Waals surface area contributed by atoms with Crippen LogP contribution >= 0.6 is 0 Å². The van der Waals surface area contributed by atoms with Crippen molar-refractivity contribution in [2.24, 2.45) is 5.73 Å². The zero-order valence-corrected chi connectivity index (χ0v) is 17.9. The number of amides is 3. The number of H-pyrrole nitrogens is 1. The van der Waals surface area contributed by atoms with E-state index in [0.717, 1.165) is 0 Å². The number of nitrogens with two attached hydrogens (primary N) is 1. The van der Waals surface area contributed by atoms with Gasteiger partial charge in [-0.2, -0.15) is 13.2 Å². The Morgan fingerprint density at radius 3 is 2.31 bits per heavy atom. The minimum absolute atomic E-state index is 0.0576. The third-order valence-electron chi connectivity index (χ3n) is 5.23. The van der Waals surface area contributed by atoms with E-state index in [1.54, 1.807) is 6.07 Å². The molecule has 3 aromatic carbocycles. The topological polar surface area (TPSA) is 143 Å². The highest BCUT2D eigenvalue weighted by atomic mass is 19.4. The molecule has 0 saturated heterocycles. The molecule has 4 aromatic rings. The summed E-state index contributed by atoms with van der Waals surface area (Å²) in [6.45, 7) is 0. The summed E-state index contributed by atoms with van der Waals surface area (Å²) in [5.74, 6) is -1.90. The Morgan fingerprint density at radius 2 is 1.69 bits per heavy atom. The van der Waals surface area contributed by atoms with Crippen LogP contribution in [0.1, 0.15) is 16.1 Å². The minimum atomic E-state index is -4.72. The maximum Gasteiger partial charge on any atom is 0.416 e. The molecule has 0 atom stereocenters. The summed E-state index contributed by atoms with van der Waals surface area (Å²) in [5.41, 5.74) is 4.39. The van der Waals surface area contributed by atoms with E-state index < -0.39 is 40.1 Å². The number of para-hydroxylation sites is 1.